The van der Waals surface area contributed by atoms with E-state index in [1.165, 1.54) is 0 Å². The number of nitrogens with one attached hydrogen (secondary N) is 1. The molecule has 3 N–H and O–H groups in total. The number of fused-ring (bicyclic) bond motifs is 1. The molecule has 1 saturated carbocycles. The zero-order valence-corrected chi connectivity index (χ0v) is 13.6. The number of carbonyl (C=O) groups excluding carboxylic acids is 1. The van der Waals surface area contributed by atoms with Crippen molar-refractivity contribution in [3.05, 3.63) is 0 Å². The fourth-order valence-corrected chi connectivity index (χ4v) is 4.29. The zero-order valence-electron chi connectivity index (χ0n) is 12.8. The van der Waals surface area contributed by atoms with Crippen molar-refractivity contribution < 1.29 is 13.7 Å². The van der Waals surface area contributed by atoms with Gasteiger partial charge >= 0.3 is 0 Å². The van der Waals surface area contributed by atoms with Crippen LogP contribution in [0.3, 0.4) is 0 Å². The number of nitrogens with two attached hydrogens (primary N) is 1. The Morgan fingerprint density at radius 3 is 2.80 bits per heavy atom. The molecule has 0 aromatic carbocycles. The van der Waals surface area contributed by atoms with Crippen molar-refractivity contribution in [1.29, 1.82) is 0 Å². The zero-order chi connectivity index (χ0) is 15.1. The van der Waals surface area contributed by atoms with Gasteiger partial charge in [-0.15, -0.1) is 0 Å². The predicted octanol–water partition coefficient (Wildman–Crippen LogP) is 0.402. The number of hydrogen-bond acceptors (Lipinski definition) is 4. The van der Waals surface area contributed by atoms with Gasteiger partial charge in [0.2, 0.25) is 5.91 Å². The van der Waals surface area contributed by atoms with Crippen LogP contribution in [-0.4, -0.2) is 46.4 Å². The Hall–Kier alpha value is -0.460. The van der Waals surface area contributed by atoms with E-state index in [1.807, 2.05) is 20.8 Å². The summed E-state index contributed by atoms with van der Waals surface area (Å²) in [5.41, 5.74) is 5.27. The molecule has 1 aliphatic carbocycles. The minimum atomic E-state index is -0.853. The van der Waals surface area contributed by atoms with Gasteiger partial charge in [-0.3, -0.25) is 9.00 Å². The molecule has 2 aliphatic rings. The molecule has 0 radical (unpaired) electrons. The maximum Gasteiger partial charge on any atom is 0.241 e. The molecule has 0 aromatic rings. The predicted molar refractivity (Wildman–Crippen MR) is 79.7 cm³/mol. The van der Waals surface area contributed by atoms with E-state index in [0.29, 0.717) is 18.8 Å². The van der Waals surface area contributed by atoms with Crippen molar-refractivity contribution in [2.45, 2.75) is 51.3 Å². The summed E-state index contributed by atoms with van der Waals surface area (Å²) < 4.78 is 16.8. The molecule has 0 bridgehead atoms. The highest BCUT2D eigenvalue weighted by molar-refractivity contribution is 7.84. The second-order valence-corrected chi connectivity index (χ2v) is 8.27. The molecule has 0 aromatic heterocycles. The van der Waals surface area contributed by atoms with E-state index >= 15 is 0 Å². The lowest BCUT2D eigenvalue weighted by molar-refractivity contribution is -0.175. The van der Waals surface area contributed by atoms with Crippen LogP contribution in [0.15, 0.2) is 0 Å². The average molecular weight is 302 g/mol. The van der Waals surface area contributed by atoms with Gasteiger partial charge in [0.1, 0.15) is 5.54 Å². The van der Waals surface area contributed by atoms with Crippen LogP contribution in [-0.2, 0) is 20.3 Å². The number of amides is 1. The van der Waals surface area contributed by atoms with Gasteiger partial charge in [0, 0.05) is 46.8 Å². The largest absolute Gasteiger partial charge is 0.377 e. The van der Waals surface area contributed by atoms with Crippen molar-refractivity contribution in [3.8, 4) is 0 Å². The fourth-order valence-electron chi connectivity index (χ4n) is 3.60. The third-order valence-corrected chi connectivity index (χ3v) is 5.86. The lowest BCUT2D eigenvalue weighted by Gasteiger charge is -2.60. The van der Waals surface area contributed by atoms with E-state index in [1.54, 1.807) is 6.26 Å². The summed E-state index contributed by atoms with van der Waals surface area (Å²) in [6.45, 7) is 6.63. The van der Waals surface area contributed by atoms with E-state index in [9.17, 15) is 9.00 Å². The van der Waals surface area contributed by atoms with E-state index < -0.39 is 16.3 Å². The smallest absolute Gasteiger partial charge is 0.241 e. The Labute approximate surface area is 123 Å². The van der Waals surface area contributed by atoms with E-state index in [-0.39, 0.29) is 29.4 Å². The molecule has 2 rings (SSSR count). The maximum absolute atomic E-state index is 12.6. The molecule has 2 fully saturated rings. The Morgan fingerprint density at radius 2 is 2.20 bits per heavy atom. The van der Waals surface area contributed by atoms with Crippen molar-refractivity contribution in [3.63, 3.8) is 0 Å². The molecule has 6 heteroatoms. The molecule has 116 valence electrons. The molecule has 5 unspecified atom stereocenters. The number of ether oxygens (including phenoxy) is 1. The minimum absolute atomic E-state index is 0.0102. The average Bonchev–Trinajstić information content (AvgIpc) is 2.83. The molecular formula is C14H26N2O3S. The van der Waals surface area contributed by atoms with Crippen molar-refractivity contribution >= 4 is 16.7 Å². The second kappa shape index (κ2) is 5.39. The lowest BCUT2D eigenvalue weighted by Crippen LogP contribution is -2.80. The molecule has 1 saturated heterocycles. The van der Waals surface area contributed by atoms with Gasteiger partial charge in [-0.05, 0) is 19.8 Å². The Balaban J connectivity index is 1.99. The number of rotatable bonds is 5. The Kier molecular flexibility index (Phi) is 4.29. The summed E-state index contributed by atoms with van der Waals surface area (Å²) in [5, 5.41) is 2.99. The lowest BCUT2D eigenvalue weighted by atomic mass is 9.48. The molecule has 1 aliphatic heterocycles. The molecule has 5 nitrogen and oxygen atoms in total. The van der Waals surface area contributed by atoms with Gasteiger partial charge in [-0.2, -0.15) is 0 Å². The third kappa shape index (κ3) is 2.31. The SMILES string of the molecule is CC(CCS(C)=O)NC(=O)C1(N)C2CCOC2C1(C)C. The summed E-state index contributed by atoms with van der Waals surface area (Å²) in [6, 6.07) is -0.0102. The topological polar surface area (TPSA) is 81.4 Å². The summed E-state index contributed by atoms with van der Waals surface area (Å²) in [5.74, 6) is 0.617. The first kappa shape index (κ1) is 15.9. The first-order valence-corrected chi connectivity index (χ1v) is 8.95. The van der Waals surface area contributed by atoms with Crippen LogP contribution in [0.4, 0.5) is 0 Å². The van der Waals surface area contributed by atoms with Gasteiger partial charge in [-0.1, -0.05) is 13.8 Å². The second-order valence-electron chi connectivity index (χ2n) is 6.72. The van der Waals surface area contributed by atoms with Crippen LogP contribution < -0.4 is 11.1 Å². The Morgan fingerprint density at radius 1 is 1.55 bits per heavy atom. The maximum atomic E-state index is 12.6. The van der Waals surface area contributed by atoms with E-state index in [2.05, 4.69) is 5.32 Å². The van der Waals surface area contributed by atoms with Gasteiger partial charge < -0.3 is 15.8 Å². The normalized spacial score (nSPS) is 37.6. The minimum Gasteiger partial charge on any atom is -0.377 e. The third-order valence-electron chi connectivity index (χ3n) is 5.05. The van der Waals surface area contributed by atoms with Crippen LogP contribution in [0.5, 0.6) is 0 Å². The molecule has 0 spiro atoms. The van der Waals surface area contributed by atoms with Gasteiger partial charge in [0.25, 0.3) is 0 Å². The highest BCUT2D eigenvalue weighted by Gasteiger charge is 2.71. The molecule has 20 heavy (non-hydrogen) atoms. The molecule has 1 heterocycles. The van der Waals surface area contributed by atoms with Crippen LogP contribution in [0.2, 0.25) is 0 Å². The summed E-state index contributed by atoms with van der Waals surface area (Å²) in [7, 11) is -0.832. The van der Waals surface area contributed by atoms with Gasteiger partial charge in [0.15, 0.2) is 0 Å². The molecule has 5 atom stereocenters. The van der Waals surface area contributed by atoms with Crippen molar-refractivity contribution in [1.82, 2.24) is 5.32 Å². The van der Waals surface area contributed by atoms with E-state index in [4.69, 9.17) is 10.5 Å². The highest BCUT2D eigenvalue weighted by Crippen LogP contribution is 2.58. The van der Waals surface area contributed by atoms with Gasteiger partial charge in [0.05, 0.1) is 6.10 Å². The molecule has 1 amide bonds. The van der Waals surface area contributed by atoms with E-state index in [0.717, 1.165) is 6.42 Å². The summed E-state index contributed by atoms with van der Waals surface area (Å²) in [6.07, 6.45) is 3.33. The van der Waals surface area contributed by atoms with Crippen LogP contribution >= 0.6 is 0 Å². The van der Waals surface area contributed by atoms with Crippen molar-refractivity contribution in [2.75, 3.05) is 18.6 Å². The number of hydrogen-bond donors (Lipinski definition) is 2. The summed E-state index contributed by atoms with van der Waals surface area (Å²) in [4.78, 5) is 12.6. The first-order chi connectivity index (χ1) is 9.21. The molecular weight excluding hydrogens is 276 g/mol. The van der Waals surface area contributed by atoms with Crippen LogP contribution in [0.1, 0.15) is 33.6 Å². The first-order valence-electron chi connectivity index (χ1n) is 7.22. The van der Waals surface area contributed by atoms with Gasteiger partial charge in [-0.25, -0.2) is 0 Å². The number of carbonyl (C=O) groups is 1. The van der Waals surface area contributed by atoms with Crippen LogP contribution in [0.25, 0.3) is 0 Å². The van der Waals surface area contributed by atoms with Crippen LogP contribution in [0, 0.1) is 11.3 Å². The highest BCUT2D eigenvalue weighted by atomic mass is 32.2. The summed E-state index contributed by atoms with van der Waals surface area (Å²) >= 11 is 0. The fraction of sp³-hybridized carbons (Fsp3) is 0.929. The Bertz CT molecular complexity index is 427. The monoisotopic (exact) mass is 302 g/mol. The quantitative estimate of drug-likeness (QED) is 0.770. The standard InChI is InChI=1S/C14H26N2O3S/c1-9(6-8-20(4)18)16-12(17)14(15)10-5-7-19-11(10)13(14,2)3/h9-11H,5-8,15H2,1-4H3,(H,16,17). The van der Waals surface area contributed by atoms with Crippen molar-refractivity contribution in [2.24, 2.45) is 17.1 Å².